The molecule has 0 aliphatic carbocycles. The molecule has 0 radical (unpaired) electrons. The molecule has 0 aliphatic heterocycles. The van der Waals surface area contributed by atoms with Crippen molar-refractivity contribution in [3.05, 3.63) is 52.2 Å². The van der Waals surface area contributed by atoms with E-state index < -0.39 is 28.0 Å². The van der Waals surface area contributed by atoms with Crippen molar-refractivity contribution in [2.45, 2.75) is 24.5 Å². The molecule has 1 aromatic heterocycles. The lowest BCUT2D eigenvalue weighted by atomic mass is 10.2. The van der Waals surface area contributed by atoms with Crippen molar-refractivity contribution in [3.63, 3.8) is 0 Å². The number of rotatable bonds is 8. The van der Waals surface area contributed by atoms with Gasteiger partial charge in [0.05, 0.1) is 24.1 Å². The summed E-state index contributed by atoms with van der Waals surface area (Å²) in [7, 11) is -1.31. The molecular formula is C17H20N2O6S2. The lowest BCUT2D eigenvalue weighted by molar-refractivity contribution is -0.129. The van der Waals surface area contributed by atoms with Crippen LogP contribution in [0.2, 0.25) is 0 Å². The summed E-state index contributed by atoms with van der Waals surface area (Å²) < 4.78 is 30.1. The zero-order chi connectivity index (χ0) is 20.0. The molecule has 2 aromatic rings. The van der Waals surface area contributed by atoms with Gasteiger partial charge in [0.25, 0.3) is 15.9 Å². The molecule has 2 rings (SSSR count). The normalized spacial score (nSPS) is 12.6. The average molecular weight is 412 g/mol. The number of sulfonamides is 1. The Labute approximate surface area is 161 Å². The van der Waals surface area contributed by atoms with Crippen LogP contribution in [0.1, 0.15) is 22.2 Å². The van der Waals surface area contributed by atoms with E-state index >= 15 is 0 Å². The SMILES string of the molecule is CON(C)S(=O)(=O)c1ccc(C(=O)O[C@H](C)C(=O)NCc2cccs2)cc1. The van der Waals surface area contributed by atoms with Crippen molar-refractivity contribution < 1.29 is 27.6 Å². The number of hydroxylamine groups is 1. The highest BCUT2D eigenvalue weighted by atomic mass is 32.2. The minimum Gasteiger partial charge on any atom is -0.449 e. The highest BCUT2D eigenvalue weighted by Gasteiger charge is 2.22. The van der Waals surface area contributed by atoms with Gasteiger partial charge >= 0.3 is 5.97 Å². The van der Waals surface area contributed by atoms with Crippen molar-refractivity contribution in [2.24, 2.45) is 0 Å². The maximum absolute atomic E-state index is 12.2. The fourth-order valence-corrected chi connectivity index (χ4v) is 3.64. The third kappa shape index (κ3) is 5.36. The van der Waals surface area contributed by atoms with Gasteiger partial charge in [-0.3, -0.25) is 9.63 Å². The van der Waals surface area contributed by atoms with E-state index in [1.165, 1.54) is 56.7 Å². The Kier molecular flexibility index (Phi) is 7.08. The minimum absolute atomic E-state index is 0.0369. The minimum atomic E-state index is -3.80. The molecule has 1 aromatic carbocycles. The number of nitrogens with zero attached hydrogens (tertiary/aromatic N) is 1. The van der Waals surface area contributed by atoms with Crippen LogP contribution < -0.4 is 5.32 Å². The fraction of sp³-hybridized carbons (Fsp3) is 0.294. The number of carbonyl (C=O) groups is 2. The van der Waals surface area contributed by atoms with E-state index in [2.05, 4.69) is 10.2 Å². The topological polar surface area (TPSA) is 102 Å². The van der Waals surface area contributed by atoms with E-state index in [1.54, 1.807) is 0 Å². The molecule has 1 N–H and O–H groups in total. The molecule has 0 aliphatic rings. The largest absolute Gasteiger partial charge is 0.449 e. The van der Waals surface area contributed by atoms with Crippen LogP contribution in [0.4, 0.5) is 0 Å². The summed E-state index contributed by atoms with van der Waals surface area (Å²) in [6, 6.07) is 8.93. The van der Waals surface area contributed by atoms with E-state index in [4.69, 9.17) is 4.74 Å². The van der Waals surface area contributed by atoms with Crippen LogP contribution in [0.25, 0.3) is 0 Å². The van der Waals surface area contributed by atoms with E-state index in [-0.39, 0.29) is 10.5 Å². The summed E-state index contributed by atoms with van der Waals surface area (Å²) in [5.74, 6) is -1.14. The predicted molar refractivity (Wildman–Crippen MR) is 99.4 cm³/mol. The van der Waals surface area contributed by atoms with Crippen molar-refractivity contribution in [1.82, 2.24) is 9.79 Å². The Hall–Kier alpha value is -2.27. The maximum Gasteiger partial charge on any atom is 0.338 e. The molecule has 27 heavy (non-hydrogen) atoms. The predicted octanol–water partition coefficient (Wildman–Crippen LogP) is 1.79. The molecular weight excluding hydrogens is 392 g/mol. The second-order valence-corrected chi connectivity index (χ2v) is 8.43. The number of carbonyl (C=O) groups excluding carboxylic acids is 2. The lowest BCUT2D eigenvalue weighted by Crippen LogP contribution is -2.35. The highest BCUT2D eigenvalue weighted by Crippen LogP contribution is 2.16. The van der Waals surface area contributed by atoms with Gasteiger partial charge in [-0.2, -0.15) is 0 Å². The number of benzene rings is 1. The monoisotopic (exact) mass is 412 g/mol. The number of nitrogens with one attached hydrogen (secondary N) is 1. The van der Waals surface area contributed by atoms with Crippen LogP contribution in [0.3, 0.4) is 0 Å². The number of thiophene rings is 1. The molecule has 0 unspecified atom stereocenters. The lowest BCUT2D eigenvalue weighted by Gasteiger charge is -2.15. The third-order valence-corrected chi connectivity index (χ3v) is 6.22. The molecule has 0 saturated carbocycles. The Balaban J connectivity index is 1.96. The molecule has 10 heteroatoms. The van der Waals surface area contributed by atoms with Crippen molar-refractivity contribution >= 4 is 33.2 Å². The molecule has 1 heterocycles. The summed E-state index contributed by atoms with van der Waals surface area (Å²) in [6.07, 6.45) is -0.986. The number of hydrogen-bond acceptors (Lipinski definition) is 7. The van der Waals surface area contributed by atoms with Gasteiger partial charge in [-0.1, -0.05) is 10.5 Å². The van der Waals surface area contributed by atoms with Gasteiger partial charge in [0.1, 0.15) is 0 Å². The van der Waals surface area contributed by atoms with E-state index in [9.17, 15) is 18.0 Å². The Morgan fingerprint density at radius 3 is 2.44 bits per heavy atom. The molecule has 8 nitrogen and oxygen atoms in total. The first-order valence-electron chi connectivity index (χ1n) is 7.90. The first kappa shape index (κ1) is 21.0. The maximum atomic E-state index is 12.2. The first-order chi connectivity index (χ1) is 12.8. The standard InChI is InChI=1S/C17H20N2O6S2/c1-12(16(20)18-11-14-5-4-10-26-14)25-17(21)13-6-8-15(9-7-13)27(22,23)19(2)24-3/h4-10,12H,11H2,1-3H3,(H,18,20)/t12-/m1/s1. The second-order valence-electron chi connectivity index (χ2n) is 5.47. The first-order valence-corrected chi connectivity index (χ1v) is 10.2. The van der Waals surface area contributed by atoms with Crippen molar-refractivity contribution in [1.29, 1.82) is 0 Å². The van der Waals surface area contributed by atoms with E-state index in [1.807, 2.05) is 17.5 Å². The molecule has 146 valence electrons. The number of esters is 1. The Morgan fingerprint density at radius 1 is 1.22 bits per heavy atom. The Bertz CT molecular complexity index is 879. The van der Waals surface area contributed by atoms with Gasteiger partial charge in [0, 0.05) is 11.9 Å². The summed E-state index contributed by atoms with van der Waals surface area (Å²) in [5.41, 5.74) is 0.131. The molecule has 1 amide bonds. The quantitative estimate of drug-likeness (QED) is 0.524. The summed E-state index contributed by atoms with van der Waals surface area (Å²) in [4.78, 5) is 29.8. The number of ether oxygens (including phenoxy) is 1. The van der Waals surface area contributed by atoms with E-state index in [0.29, 0.717) is 11.0 Å². The zero-order valence-electron chi connectivity index (χ0n) is 15.0. The van der Waals surface area contributed by atoms with Gasteiger partial charge in [-0.05, 0) is 42.6 Å². The third-order valence-electron chi connectivity index (χ3n) is 3.65. The van der Waals surface area contributed by atoms with Crippen LogP contribution in [0.15, 0.2) is 46.7 Å². The van der Waals surface area contributed by atoms with Crippen LogP contribution in [-0.4, -0.2) is 45.0 Å². The van der Waals surface area contributed by atoms with Gasteiger partial charge < -0.3 is 10.1 Å². The van der Waals surface area contributed by atoms with Crippen LogP contribution in [0.5, 0.6) is 0 Å². The molecule has 1 atom stereocenters. The van der Waals surface area contributed by atoms with Crippen molar-refractivity contribution in [3.8, 4) is 0 Å². The number of amides is 1. The second kappa shape index (κ2) is 9.09. The number of hydrogen-bond donors (Lipinski definition) is 1. The molecule has 0 saturated heterocycles. The molecule has 0 spiro atoms. The zero-order valence-corrected chi connectivity index (χ0v) is 16.7. The van der Waals surface area contributed by atoms with Gasteiger partial charge in [-0.15, -0.1) is 11.3 Å². The summed E-state index contributed by atoms with van der Waals surface area (Å²) >= 11 is 1.51. The van der Waals surface area contributed by atoms with Gasteiger partial charge in [0.15, 0.2) is 6.10 Å². The van der Waals surface area contributed by atoms with Gasteiger partial charge in [-0.25, -0.2) is 13.2 Å². The summed E-state index contributed by atoms with van der Waals surface area (Å²) in [6.45, 7) is 1.83. The smallest absolute Gasteiger partial charge is 0.338 e. The molecule has 0 fully saturated rings. The molecule has 0 bridgehead atoms. The summed E-state index contributed by atoms with van der Waals surface area (Å²) in [5, 5.41) is 4.59. The van der Waals surface area contributed by atoms with Crippen LogP contribution in [-0.2, 0) is 30.9 Å². The van der Waals surface area contributed by atoms with Crippen molar-refractivity contribution in [2.75, 3.05) is 14.2 Å². The highest BCUT2D eigenvalue weighted by molar-refractivity contribution is 7.89. The van der Waals surface area contributed by atoms with Gasteiger partial charge in [0.2, 0.25) is 0 Å². The average Bonchev–Trinajstić information content (AvgIpc) is 3.18. The van der Waals surface area contributed by atoms with E-state index in [0.717, 1.165) is 4.88 Å². The van der Waals surface area contributed by atoms with Crippen LogP contribution >= 0.6 is 11.3 Å². The fourth-order valence-electron chi connectivity index (χ4n) is 2.02. The Morgan fingerprint density at radius 2 is 1.89 bits per heavy atom. The van der Waals surface area contributed by atoms with Crippen LogP contribution in [0, 0.1) is 0 Å².